The van der Waals surface area contributed by atoms with Crippen molar-refractivity contribution in [3.8, 4) is 0 Å². The van der Waals surface area contributed by atoms with Crippen LogP contribution < -0.4 is 0 Å². The first-order chi connectivity index (χ1) is 18.6. The van der Waals surface area contributed by atoms with Gasteiger partial charge < -0.3 is 18.9 Å². The smallest absolute Gasteiger partial charge is 0.432 e. The molecule has 3 aliphatic rings. The molecule has 6 atom stereocenters. The third-order valence-corrected chi connectivity index (χ3v) is 7.98. The number of alkyl halides is 3. The van der Waals surface area contributed by atoms with Crippen LogP contribution in [0.25, 0.3) is 0 Å². The van der Waals surface area contributed by atoms with Crippen molar-refractivity contribution in [2.24, 2.45) is 17.8 Å². The number of methoxy groups -OCH3 is 1. The average Bonchev–Trinajstić information content (AvgIpc) is 3.24. The van der Waals surface area contributed by atoms with Crippen LogP contribution in [0.5, 0.6) is 0 Å². The highest BCUT2D eigenvalue weighted by atomic mass is 19.4. The first kappa shape index (κ1) is 29.5. The van der Waals surface area contributed by atoms with Gasteiger partial charge in [0.05, 0.1) is 11.8 Å². The van der Waals surface area contributed by atoms with Crippen molar-refractivity contribution in [3.63, 3.8) is 0 Å². The van der Waals surface area contributed by atoms with Gasteiger partial charge in [0.25, 0.3) is 5.60 Å². The molecule has 0 unspecified atom stereocenters. The van der Waals surface area contributed by atoms with Gasteiger partial charge in [0, 0.05) is 30.6 Å². The number of benzene rings is 1. The van der Waals surface area contributed by atoms with Gasteiger partial charge in [-0.25, -0.2) is 9.59 Å². The molecule has 40 heavy (non-hydrogen) atoms. The zero-order valence-electron chi connectivity index (χ0n) is 23.0. The molecule has 1 heterocycles. The summed E-state index contributed by atoms with van der Waals surface area (Å²) in [6, 6.07) is 6.32. The molecule has 0 bridgehead atoms. The van der Waals surface area contributed by atoms with E-state index in [1.54, 1.807) is 27.7 Å². The normalized spacial score (nSPS) is 29.7. The maximum atomic E-state index is 14.6. The molecule has 0 radical (unpaired) electrons. The molecule has 0 saturated carbocycles. The summed E-state index contributed by atoms with van der Waals surface area (Å²) in [6.07, 6.45) is -6.63. The summed E-state index contributed by atoms with van der Waals surface area (Å²) in [4.78, 5) is 52.5. The van der Waals surface area contributed by atoms with Crippen LogP contribution in [0.3, 0.4) is 0 Å². The van der Waals surface area contributed by atoms with Gasteiger partial charge >= 0.3 is 24.1 Å². The van der Waals surface area contributed by atoms with Crippen molar-refractivity contribution in [1.82, 2.24) is 0 Å². The fraction of sp³-hybridized carbons (Fsp3) is 0.517. The number of carbonyl (C=O) groups is 4. The van der Waals surface area contributed by atoms with Crippen LogP contribution in [0, 0.1) is 17.8 Å². The standard InChI is InChI=1S/C29H31F3O8/c1-14(2)24(34)40-27(5)22-19(13-16(4)20-18(33)12-15(3)21(20)23(22)39-25(27)35)38-26(36)28(37-6,29(30,31)32)17-10-8-7-9-11-17/h7-12,14,19,21-23H,13H2,1-6H3/t19-,21+,22+,23-,27-,28+/m0/s1. The van der Waals surface area contributed by atoms with Crippen molar-refractivity contribution in [3.05, 3.63) is 58.7 Å². The van der Waals surface area contributed by atoms with Crippen LogP contribution in [0.4, 0.5) is 13.2 Å². The average molecular weight is 565 g/mol. The van der Waals surface area contributed by atoms with Crippen LogP contribution in [-0.4, -0.2) is 54.8 Å². The van der Waals surface area contributed by atoms with Gasteiger partial charge in [-0.05, 0) is 26.8 Å². The summed E-state index contributed by atoms with van der Waals surface area (Å²) in [6.45, 7) is 7.68. The highest BCUT2D eigenvalue weighted by Gasteiger charge is 2.68. The van der Waals surface area contributed by atoms with E-state index in [1.165, 1.54) is 31.2 Å². The number of fused-ring (bicyclic) bond motifs is 3. The number of hydrogen-bond donors (Lipinski definition) is 0. The minimum Gasteiger partial charge on any atom is -0.459 e. The second-order valence-electron chi connectivity index (χ2n) is 10.9. The quantitative estimate of drug-likeness (QED) is 0.371. The lowest BCUT2D eigenvalue weighted by Crippen LogP contribution is -2.55. The minimum absolute atomic E-state index is 0.205. The Morgan fingerprint density at radius 3 is 2.27 bits per heavy atom. The maximum absolute atomic E-state index is 14.6. The lowest BCUT2D eigenvalue weighted by Gasteiger charge is -2.38. The topological polar surface area (TPSA) is 105 Å². The number of carbonyl (C=O) groups excluding carboxylic acids is 4. The Morgan fingerprint density at radius 2 is 1.73 bits per heavy atom. The van der Waals surface area contributed by atoms with Gasteiger partial charge in [0.1, 0.15) is 12.2 Å². The number of hydrogen-bond acceptors (Lipinski definition) is 8. The molecular weight excluding hydrogens is 533 g/mol. The molecule has 1 aromatic carbocycles. The van der Waals surface area contributed by atoms with Gasteiger partial charge in [-0.3, -0.25) is 9.59 Å². The third-order valence-electron chi connectivity index (χ3n) is 7.98. The molecule has 1 aliphatic heterocycles. The fourth-order valence-corrected chi connectivity index (χ4v) is 5.96. The Balaban J connectivity index is 1.85. The zero-order chi connectivity index (χ0) is 29.8. The first-order valence-corrected chi connectivity index (χ1v) is 12.8. The van der Waals surface area contributed by atoms with Gasteiger partial charge in [-0.2, -0.15) is 13.2 Å². The molecule has 2 aliphatic carbocycles. The van der Waals surface area contributed by atoms with E-state index in [-0.39, 0.29) is 12.2 Å². The van der Waals surface area contributed by atoms with E-state index in [0.29, 0.717) is 16.7 Å². The Labute approximate surface area is 229 Å². The molecule has 8 nitrogen and oxygen atoms in total. The van der Waals surface area contributed by atoms with E-state index in [0.717, 1.165) is 19.2 Å². The van der Waals surface area contributed by atoms with Crippen LogP contribution in [0.2, 0.25) is 0 Å². The number of ether oxygens (including phenoxy) is 4. The van der Waals surface area contributed by atoms with Crippen molar-refractivity contribution in [1.29, 1.82) is 0 Å². The molecule has 4 rings (SSSR count). The fourth-order valence-electron chi connectivity index (χ4n) is 5.96. The van der Waals surface area contributed by atoms with Crippen LogP contribution >= 0.6 is 0 Å². The number of allylic oxidation sites excluding steroid dienone is 1. The third kappa shape index (κ3) is 4.44. The largest absolute Gasteiger partial charge is 0.459 e. The molecule has 0 spiro atoms. The minimum atomic E-state index is -5.24. The van der Waals surface area contributed by atoms with Crippen LogP contribution in [-0.2, 0) is 43.7 Å². The summed E-state index contributed by atoms with van der Waals surface area (Å²) >= 11 is 0. The molecule has 0 aromatic heterocycles. The SMILES string of the molecule is CO[C@@](C(=O)O[C@H]1CC(C)=C2C(=O)C=C(C)[C@H]2[C@@H]2OC(=O)[C@@](C)(OC(=O)C(C)C)[C@@H]21)(c1ccccc1)C(F)(F)F. The van der Waals surface area contributed by atoms with E-state index >= 15 is 0 Å². The Hall–Kier alpha value is -3.47. The molecule has 1 fully saturated rings. The van der Waals surface area contributed by atoms with E-state index < -0.39 is 70.8 Å². The van der Waals surface area contributed by atoms with E-state index in [9.17, 15) is 32.3 Å². The highest BCUT2D eigenvalue weighted by molar-refractivity contribution is 6.09. The maximum Gasteiger partial charge on any atom is 0.432 e. The van der Waals surface area contributed by atoms with Gasteiger partial charge in [0.2, 0.25) is 5.60 Å². The number of esters is 3. The van der Waals surface area contributed by atoms with Gasteiger partial charge in [0.15, 0.2) is 5.78 Å². The Bertz CT molecular complexity index is 1300. The van der Waals surface area contributed by atoms with Crippen molar-refractivity contribution in [2.45, 2.75) is 70.6 Å². The van der Waals surface area contributed by atoms with E-state index in [4.69, 9.17) is 18.9 Å². The van der Waals surface area contributed by atoms with Gasteiger partial charge in [-0.15, -0.1) is 0 Å². The second-order valence-corrected chi connectivity index (χ2v) is 10.9. The zero-order valence-corrected chi connectivity index (χ0v) is 23.0. The summed E-state index contributed by atoms with van der Waals surface area (Å²) in [5.41, 5.74) is -4.67. The molecule has 0 amide bonds. The van der Waals surface area contributed by atoms with Crippen molar-refractivity contribution >= 4 is 23.7 Å². The Morgan fingerprint density at radius 1 is 1.10 bits per heavy atom. The lowest BCUT2D eigenvalue weighted by atomic mass is 9.77. The summed E-state index contributed by atoms with van der Waals surface area (Å²) < 4.78 is 65.7. The van der Waals surface area contributed by atoms with Gasteiger partial charge in [-0.1, -0.05) is 55.3 Å². The number of halogens is 3. The molecule has 1 saturated heterocycles. The second kappa shape index (κ2) is 10.2. The summed E-state index contributed by atoms with van der Waals surface area (Å²) in [7, 11) is 0.749. The number of ketones is 1. The predicted octanol–water partition coefficient (Wildman–Crippen LogP) is 4.37. The molecule has 11 heteroatoms. The summed E-state index contributed by atoms with van der Waals surface area (Å²) in [5, 5.41) is 0. The monoisotopic (exact) mass is 564 g/mol. The van der Waals surface area contributed by atoms with E-state index in [1.807, 2.05) is 0 Å². The molecule has 1 aromatic rings. The van der Waals surface area contributed by atoms with E-state index in [2.05, 4.69) is 0 Å². The Kier molecular flexibility index (Phi) is 7.51. The van der Waals surface area contributed by atoms with Crippen molar-refractivity contribution < 1.29 is 51.3 Å². The number of rotatable bonds is 6. The predicted molar refractivity (Wildman–Crippen MR) is 133 cm³/mol. The first-order valence-electron chi connectivity index (χ1n) is 12.8. The lowest BCUT2D eigenvalue weighted by molar-refractivity contribution is -0.279. The molecule has 216 valence electrons. The molecule has 0 N–H and O–H groups in total. The summed E-state index contributed by atoms with van der Waals surface area (Å²) in [5.74, 6) is -6.42. The highest BCUT2D eigenvalue weighted by Crippen LogP contribution is 2.52. The van der Waals surface area contributed by atoms with Crippen LogP contribution in [0.1, 0.15) is 46.6 Å². The van der Waals surface area contributed by atoms with Crippen LogP contribution in [0.15, 0.2) is 53.1 Å². The molecular formula is C29H31F3O8. The van der Waals surface area contributed by atoms with Crippen molar-refractivity contribution in [2.75, 3.05) is 7.11 Å².